The van der Waals surface area contributed by atoms with Crippen LogP contribution in [-0.4, -0.2) is 220 Å². The van der Waals surface area contributed by atoms with Gasteiger partial charge < -0.3 is 21.3 Å². The monoisotopic (exact) mass is 1540 g/mol. The molecule has 3 N–H and O–H groups in total. The summed E-state index contributed by atoms with van der Waals surface area (Å²) < 4.78 is 5.45. The predicted octanol–water partition coefficient (Wildman–Crippen LogP) is 11.0. The minimum atomic E-state index is -0.166. The Labute approximate surface area is 696 Å². The first kappa shape index (κ1) is 98.3. The molecule has 0 aliphatic carbocycles. The standard InChI is InChI=1S/C16H25N3.C16H23NO2.C15H23N3.C14H21NO.C14H19NO.C13H17NO.C2H8N2.B.ClH.Na.H/c1-13-10-19(12-15-8-6-5-7-9-15)11-14(2)16(13)17-18(3)4;1-12-9-17(11-15-7-5-4-6-8-15)10-13(2)16(12)19-14(3)18;1-13-11-18(10-9-15(13)16-17(2)3)12-14-7-5-4-6-8-14;2*1-11-8-15(9-12(2)14(11)16)10-13-6-4-3-5-7-13;1-11-9-14(8-7-13(11)15)10-12-5-3-2-4-6-12;1-4(2)3;;;;/h5-9,13-14H,10-12H2,1-4H3;4-8,12-13,16H,9-11H2,1-3H3;4-8,13H,9-12H2,1-3H3;3-7,11-12,14,16H,8-10H2,1-2H3;3-7,11-12H,8-10H2,1-2H3;2-6,11H,7-10H2,1H3;3H2,1-2H3;;1H;;/q;;;;;;;;;+1;-1/b;;16-15+;;;;;;;;/t13-,14+;12-,13+,16?;;11-,12+,14?;11-,12+;;;;;;. The summed E-state index contributed by atoms with van der Waals surface area (Å²) in [5, 5.41) is 24.5. The van der Waals surface area contributed by atoms with Crippen molar-refractivity contribution >= 4 is 49.8 Å². The molecule has 6 saturated heterocycles. The largest absolute Gasteiger partial charge is 1.00 e. The molecule has 3 radical (unpaired) electrons. The van der Waals surface area contributed by atoms with E-state index in [-0.39, 0.29) is 87.7 Å². The molecule has 6 aliphatic rings. The Hall–Kier alpha value is -5.94. The first-order valence-corrected chi connectivity index (χ1v) is 39.5. The molecule has 6 heterocycles. The van der Waals surface area contributed by atoms with Gasteiger partial charge in [0.1, 0.15) is 17.7 Å². The average Bonchev–Trinajstić information content (AvgIpc) is 0.860. The van der Waals surface area contributed by atoms with E-state index in [1.54, 1.807) is 14.1 Å². The van der Waals surface area contributed by atoms with E-state index >= 15 is 0 Å². The first-order valence-electron chi connectivity index (χ1n) is 39.5. The maximum Gasteiger partial charge on any atom is 1.00 e. The van der Waals surface area contributed by atoms with Crippen molar-refractivity contribution < 1.29 is 55.2 Å². The third kappa shape index (κ3) is 36.9. The minimum Gasteiger partial charge on any atom is -1.00 e. The number of benzene rings is 6. The maximum absolute atomic E-state index is 11.7. The van der Waals surface area contributed by atoms with Crippen LogP contribution in [0.25, 0.3) is 0 Å². The summed E-state index contributed by atoms with van der Waals surface area (Å²) >= 11 is 0. The third-order valence-corrected chi connectivity index (χ3v) is 20.6. The number of ether oxygens (including phenoxy) is 1. The number of aliphatic hydroxyl groups excluding tert-OH is 1. The molecule has 4 unspecified atom stereocenters. The fraction of sp³-hybridized carbons (Fsp3) is 0.544. The number of likely N-dealkylation sites (tertiary alicyclic amines) is 6. The smallest absolute Gasteiger partial charge is 1.00 e. The van der Waals surface area contributed by atoms with Crippen LogP contribution in [0.1, 0.15) is 124 Å². The van der Waals surface area contributed by atoms with Crippen LogP contribution >= 0.6 is 12.4 Å². The third-order valence-electron chi connectivity index (χ3n) is 20.6. The molecular weight excluding hydrogens is 1400 g/mol. The molecule has 0 spiro atoms. The number of hydrogen-bond donors (Lipinski definition) is 2. The summed E-state index contributed by atoms with van der Waals surface area (Å²) in [5.41, 5.74) is 10.8. The number of aliphatic hydroxyl groups is 1. The number of hydrazone groups is 2. The fourth-order valence-electron chi connectivity index (χ4n) is 15.7. The van der Waals surface area contributed by atoms with E-state index in [0.29, 0.717) is 59.4 Å². The molecule has 599 valence electrons. The molecule has 6 aromatic rings. The molecule has 20 heteroatoms. The van der Waals surface area contributed by atoms with Gasteiger partial charge in [0.15, 0.2) is 0 Å². The number of ketones is 2. The topological polar surface area (TPSA) is 161 Å². The number of piperidine rings is 6. The van der Waals surface area contributed by atoms with Crippen molar-refractivity contribution in [2.45, 2.75) is 140 Å². The Balaban J connectivity index is 0.000000445. The van der Waals surface area contributed by atoms with Crippen LogP contribution < -0.4 is 35.4 Å². The number of carbonyl (C=O) groups is 3. The number of hydrogen-bond acceptors (Lipinski definition) is 17. The second-order valence-electron chi connectivity index (χ2n) is 32.2. The van der Waals surface area contributed by atoms with Gasteiger partial charge in [-0.25, -0.2) is 0 Å². The summed E-state index contributed by atoms with van der Waals surface area (Å²) in [4.78, 5) is 48.9. The van der Waals surface area contributed by atoms with Gasteiger partial charge in [0, 0.05) is 247 Å². The van der Waals surface area contributed by atoms with Crippen LogP contribution in [0.3, 0.4) is 0 Å². The molecule has 0 amide bonds. The van der Waals surface area contributed by atoms with E-state index in [9.17, 15) is 19.5 Å². The summed E-state index contributed by atoms with van der Waals surface area (Å²) in [7, 11) is 11.6. The van der Waals surface area contributed by atoms with Gasteiger partial charge in [0.2, 0.25) is 0 Å². The Morgan fingerprint density at radius 3 is 0.973 bits per heavy atom. The van der Waals surface area contributed by atoms with Crippen LogP contribution in [0.2, 0.25) is 0 Å². The van der Waals surface area contributed by atoms with E-state index in [1.165, 1.54) is 56.7 Å². The number of hydrazine groups is 1. The molecule has 110 heavy (non-hydrogen) atoms. The van der Waals surface area contributed by atoms with Crippen LogP contribution in [-0.2, 0) is 58.4 Å². The van der Waals surface area contributed by atoms with Crippen LogP contribution in [0, 0.1) is 59.2 Å². The molecule has 17 nitrogen and oxygen atoms in total. The molecule has 0 aromatic heterocycles. The van der Waals surface area contributed by atoms with E-state index in [0.717, 1.165) is 124 Å². The number of carbonyl (C=O) groups excluding carboxylic acids is 3. The first-order chi connectivity index (χ1) is 51.1. The second kappa shape index (κ2) is 52.5. The van der Waals surface area contributed by atoms with Gasteiger partial charge in [-0.3, -0.25) is 54.6 Å². The summed E-state index contributed by atoms with van der Waals surface area (Å²) in [6, 6.07) is 63.4. The number of halogens is 1. The normalized spacial score (nSPS) is 25.2. The summed E-state index contributed by atoms with van der Waals surface area (Å²) in [6.07, 6.45) is 1.73. The molecule has 6 aliphatic heterocycles. The van der Waals surface area contributed by atoms with Crippen molar-refractivity contribution in [2.75, 3.05) is 121 Å². The Bertz CT molecular complexity index is 3480. The van der Waals surface area contributed by atoms with Gasteiger partial charge in [-0.15, -0.1) is 12.4 Å². The van der Waals surface area contributed by atoms with Crippen LogP contribution in [0.15, 0.2) is 192 Å². The van der Waals surface area contributed by atoms with E-state index in [1.807, 2.05) is 77.2 Å². The van der Waals surface area contributed by atoms with Gasteiger partial charge in [0.05, 0.1) is 6.10 Å². The summed E-state index contributed by atoms with van der Waals surface area (Å²) in [5.74, 6) is 9.37. The van der Waals surface area contributed by atoms with Crippen molar-refractivity contribution in [3.8, 4) is 0 Å². The molecule has 12 rings (SSSR count). The van der Waals surface area contributed by atoms with Gasteiger partial charge in [-0.2, -0.15) is 10.2 Å². The molecular formula is C90H138BClN12NaO5. The second-order valence-corrected chi connectivity index (χ2v) is 32.2. The van der Waals surface area contributed by atoms with Gasteiger partial charge >= 0.3 is 35.5 Å². The van der Waals surface area contributed by atoms with Crippen LogP contribution in [0.4, 0.5) is 0 Å². The van der Waals surface area contributed by atoms with Crippen molar-refractivity contribution in [2.24, 2.45) is 75.2 Å². The Kier molecular flexibility index (Phi) is 46.9. The van der Waals surface area contributed by atoms with E-state index in [4.69, 9.17) is 10.6 Å². The molecule has 12 atom stereocenters. The number of esters is 1. The van der Waals surface area contributed by atoms with E-state index in [2.05, 4.69) is 252 Å². The minimum absolute atomic E-state index is 0. The molecule has 0 saturated carbocycles. The SMILES string of the molecule is CC(=O)OC1[C@H](C)CN(Cc2ccccc2)C[C@@H]1C.CC1CN(Cc2ccccc2)CC/C1=N\N(C)C.CC1CN(Cc2ccccc2)CCC1=O.CN(C)N.C[C@@H]1CN(Cc2ccccc2)C[C@H](C)C1=NN(C)C.C[C@@H]1CN(Cc2ccccc2)C[C@H](C)C1=O.C[C@@H]1CN(Cc2ccccc2)C[C@H](C)C1O.Cl.[B].[H-].[Na+]. The van der Waals surface area contributed by atoms with Crippen molar-refractivity contribution in [1.82, 2.24) is 44.4 Å². The fourth-order valence-corrected chi connectivity index (χ4v) is 15.7. The molecule has 0 bridgehead atoms. The number of Topliss-reactive ketones (excluding diaryl/α,β-unsaturated/α-hetero) is 2. The van der Waals surface area contributed by atoms with Crippen LogP contribution in [0.5, 0.6) is 0 Å². The Morgan fingerprint density at radius 2 is 0.682 bits per heavy atom. The van der Waals surface area contributed by atoms with Gasteiger partial charge in [-0.1, -0.05) is 251 Å². The van der Waals surface area contributed by atoms with E-state index < -0.39 is 0 Å². The average molecular weight is 1540 g/mol. The maximum atomic E-state index is 11.7. The van der Waals surface area contributed by atoms with Crippen molar-refractivity contribution in [3.63, 3.8) is 0 Å². The quantitative estimate of drug-likeness (QED) is 0.0432. The molecule has 6 fully saturated rings. The number of nitrogens with two attached hydrogens (primary N) is 1. The van der Waals surface area contributed by atoms with Crippen molar-refractivity contribution in [1.29, 1.82) is 0 Å². The number of nitrogens with zero attached hydrogens (tertiary/aromatic N) is 11. The van der Waals surface area contributed by atoms with Crippen molar-refractivity contribution in [3.05, 3.63) is 215 Å². The zero-order valence-corrected chi connectivity index (χ0v) is 73.3. The zero-order chi connectivity index (χ0) is 78.0. The Morgan fingerprint density at radius 1 is 0.418 bits per heavy atom. The molecule has 6 aromatic carbocycles. The van der Waals surface area contributed by atoms with Gasteiger partial charge in [0.25, 0.3) is 0 Å². The number of rotatable bonds is 15. The van der Waals surface area contributed by atoms with Gasteiger partial charge in [-0.05, 0) is 45.2 Å². The summed E-state index contributed by atoms with van der Waals surface area (Å²) in [6.45, 7) is 41.1. The zero-order valence-electron chi connectivity index (χ0n) is 71.5. The predicted molar refractivity (Wildman–Crippen MR) is 457 cm³/mol.